The molecule has 0 bridgehead atoms. The van der Waals surface area contributed by atoms with E-state index in [9.17, 15) is 0 Å². The van der Waals surface area contributed by atoms with Gasteiger partial charge in [-0.25, -0.2) is 0 Å². The van der Waals surface area contributed by atoms with Gasteiger partial charge in [0.25, 0.3) is 0 Å². The number of ether oxygens (including phenoxy) is 1. The molecule has 128 valence electrons. The van der Waals surface area contributed by atoms with Crippen molar-refractivity contribution in [1.82, 2.24) is 25.4 Å². The maximum atomic E-state index is 5.05. The second-order valence-corrected chi connectivity index (χ2v) is 5.22. The zero-order valence-electron chi connectivity index (χ0n) is 14.0. The molecule has 0 aliphatic rings. The van der Waals surface area contributed by atoms with Gasteiger partial charge < -0.3 is 19.9 Å². The minimum absolute atomic E-state index is 0. The topological polar surface area (TPSA) is 76.4 Å². The number of halogens is 1. The van der Waals surface area contributed by atoms with Gasteiger partial charge in [-0.05, 0) is 5.92 Å². The highest BCUT2D eigenvalue weighted by Gasteiger charge is 2.03. The molecule has 2 N–H and O–H groups in total. The average molecular weight is 424 g/mol. The van der Waals surface area contributed by atoms with E-state index in [0.29, 0.717) is 12.5 Å². The smallest absolute Gasteiger partial charge is 0.191 e. The maximum Gasteiger partial charge on any atom is 0.191 e. The standard InChI is InChI=1S/C14H28N6O.HI/c1-5-13-19-18-11-20(13)8-6-15-14(16-7-9-21-4)17-10-12(2)3;/h11-12H,5-10H2,1-4H3,(H2,15,16,17);1H. The van der Waals surface area contributed by atoms with Gasteiger partial charge in [-0.1, -0.05) is 20.8 Å². The molecule has 7 nitrogen and oxygen atoms in total. The Balaban J connectivity index is 0.00000441. The largest absolute Gasteiger partial charge is 0.383 e. The van der Waals surface area contributed by atoms with Gasteiger partial charge in [0.2, 0.25) is 0 Å². The average Bonchev–Trinajstić information content (AvgIpc) is 2.91. The third-order valence-electron chi connectivity index (χ3n) is 2.87. The molecule has 0 unspecified atom stereocenters. The highest BCUT2D eigenvalue weighted by Crippen LogP contribution is 1.95. The van der Waals surface area contributed by atoms with E-state index in [1.165, 1.54) is 0 Å². The van der Waals surface area contributed by atoms with Gasteiger partial charge in [0, 0.05) is 39.7 Å². The number of aromatic nitrogens is 3. The van der Waals surface area contributed by atoms with Crippen LogP contribution in [0.2, 0.25) is 0 Å². The van der Waals surface area contributed by atoms with E-state index in [0.717, 1.165) is 44.4 Å². The van der Waals surface area contributed by atoms with Crippen LogP contribution in [0.15, 0.2) is 11.3 Å². The number of hydrogen-bond donors (Lipinski definition) is 2. The minimum Gasteiger partial charge on any atom is -0.383 e. The van der Waals surface area contributed by atoms with E-state index in [1.54, 1.807) is 13.4 Å². The Morgan fingerprint density at radius 3 is 2.73 bits per heavy atom. The fourth-order valence-electron chi connectivity index (χ4n) is 1.75. The summed E-state index contributed by atoms with van der Waals surface area (Å²) in [6, 6.07) is 0. The molecule has 0 atom stereocenters. The van der Waals surface area contributed by atoms with Crippen LogP contribution in [0.4, 0.5) is 0 Å². The molecule has 22 heavy (non-hydrogen) atoms. The van der Waals surface area contributed by atoms with E-state index in [4.69, 9.17) is 4.74 Å². The predicted molar refractivity (Wildman–Crippen MR) is 99.8 cm³/mol. The summed E-state index contributed by atoms with van der Waals surface area (Å²) in [4.78, 5) is 4.55. The molecule has 0 spiro atoms. The quantitative estimate of drug-likeness (QED) is 0.271. The van der Waals surface area contributed by atoms with Crippen molar-refractivity contribution in [3.05, 3.63) is 12.2 Å². The monoisotopic (exact) mass is 424 g/mol. The molecule has 0 amide bonds. The van der Waals surface area contributed by atoms with E-state index in [2.05, 4.69) is 51.2 Å². The van der Waals surface area contributed by atoms with E-state index in [-0.39, 0.29) is 24.0 Å². The SMILES string of the molecule is CCc1nncn1CCNC(=NCC(C)C)NCCOC.I. The molecule has 0 aliphatic heterocycles. The summed E-state index contributed by atoms with van der Waals surface area (Å²) in [6.07, 6.45) is 2.66. The van der Waals surface area contributed by atoms with Crippen molar-refractivity contribution in [2.75, 3.05) is 33.4 Å². The lowest BCUT2D eigenvalue weighted by Gasteiger charge is -2.13. The summed E-state index contributed by atoms with van der Waals surface area (Å²) in [7, 11) is 1.69. The molecule has 0 aliphatic carbocycles. The van der Waals surface area contributed by atoms with Crippen LogP contribution < -0.4 is 10.6 Å². The van der Waals surface area contributed by atoms with Gasteiger partial charge >= 0.3 is 0 Å². The normalized spacial score (nSPS) is 11.4. The molecule has 0 saturated heterocycles. The van der Waals surface area contributed by atoms with Crippen LogP contribution in [-0.4, -0.2) is 54.1 Å². The molecule has 0 saturated carbocycles. The molecular weight excluding hydrogens is 395 g/mol. The number of nitrogens with zero attached hydrogens (tertiary/aromatic N) is 4. The highest BCUT2D eigenvalue weighted by molar-refractivity contribution is 14.0. The zero-order chi connectivity index (χ0) is 15.5. The zero-order valence-corrected chi connectivity index (χ0v) is 16.3. The van der Waals surface area contributed by atoms with Crippen LogP contribution in [0.3, 0.4) is 0 Å². The fourth-order valence-corrected chi connectivity index (χ4v) is 1.75. The number of rotatable bonds is 9. The van der Waals surface area contributed by atoms with Crippen LogP contribution in [0, 0.1) is 5.92 Å². The number of hydrogen-bond acceptors (Lipinski definition) is 4. The minimum atomic E-state index is 0. The first-order valence-electron chi connectivity index (χ1n) is 7.55. The summed E-state index contributed by atoms with van der Waals surface area (Å²) in [5, 5.41) is 14.6. The van der Waals surface area contributed by atoms with E-state index >= 15 is 0 Å². The molecule has 8 heteroatoms. The predicted octanol–water partition coefficient (Wildman–Crippen LogP) is 1.30. The molecule has 1 heterocycles. The van der Waals surface area contributed by atoms with E-state index < -0.39 is 0 Å². The molecule has 0 fully saturated rings. The van der Waals surface area contributed by atoms with Crippen molar-refractivity contribution in [3.63, 3.8) is 0 Å². The highest BCUT2D eigenvalue weighted by atomic mass is 127. The Hall–Kier alpha value is -0.900. The Labute approximate surface area is 150 Å². The van der Waals surface area contributed by atoms with Crippen molar-refractivity contribution < 1.29 is 4.74 Å². The Morgan fingerprint density at radius 2 is 2.09 bits per heavy atom. The Kier molecular flexibility index (Phi) is 12.1. The van der Waals surface area contributed by atoms with Crippen LogP contribution >= 0.6 is 24.0 Å². The molecule has 0 radical (unpaired) electrons. The first-order valence-corrected chi connectivity index (χ1v) is 7.55. The van der Waals surface area contributed by atoms with Gasteiger partial charge in [0.1, 0.15) is 12.2 Å². The number of guanidine groups is 1. The van der Waals surface area contributed by atoms with Crippen molar-refractivity contribution >= 4 is 29.9 Å². The fraction of sp³-hybridized carbons (Fsp3) is 0.786. The summed E-state index contributed by atoms with van der Waals surface area (Å²) in [5.74, 6) is 2.37. The number of aryl methyl sites for hydroxylation is 1. The summed E-state index contributed by atoms with van der Waals surface area (Å²) < 4.78 is 7.10. The number of aliphatic imine (C=N–C) groups is 1. The first kappa shape index (κ1) is 21.1. The lowest BCUT2D eigenvalue weighted by Crippen LogP contribution is -2.40. The van der Waals surface area contributed by atoms with Crippen LogP contribution in [0.5, 0.6) is 0 Å². The van der Waals surface area contributed by atoms with Crippen LogP contribution in [0.1, 0.15) is 26.6 Å². The summed E-state index contributed by atoms with van der Waals surface area (Å²) >= 11 is 0. The first-order chi connectivity index (χ1) is 10.2. The molecule has 1 aromatic rings. The van der Waals surface area contributed by atoms with Crippen molar-refractivity contribution in [2.45, 2.75) is 33.7 Å². The number of methoxy groups -OCH3 is 1. The third kappa shape index (κ3) is 8.52. The van der Waals surface area contributed by atoms with Gasteiger partial charge in [-0.2, -0.15) is 0 Å². The lowest BCUT2D eigenvalue weighted by molar-refractivity contribution is 0.203. The Bertz CT molecular complexity index is 421. The van der Waals surface area contributed by atoms with Crippen molar-refractivity contribution in [2.24, 2.45) is 10.9 Å². The number of nitrogens with one attached hydrogen (secondary N) is 2. The van der Waals surface area contributed by atoms with E-state index in [1.807, 2.05) is 0 Å². The molecule has 1 rings (SSSR count). The van der Waals surface area contributed by atoms with Gasteiger partial charge in [-0.3, -0.25) is 4.99 Å². The molecule has 1 aromatic heterocycles. The van der Waals surface area contributed by atoms with Gasteiger partial charge in [-0.15, -0.1) is 34.2 Å². The second kappa shape index (κ2) is 12.6. The van der Waals surface area contributed by atoms with Gasteiger partial charge in [0.15, 0.2) is 5.96 Å². The van der Waals surface area contributed by atoms with Crippen molar-refractivity contribution in [3.8, 4) is 0 Å². The second-order valence-electron chi connectivity index (χ2n) is 5.22. The van der Waals surface area contributed by atoms with Crippen LogP contribution in [-0.2, 0) is 17.7 Å². The molecule has 0 aromatic carbocycles. The third-order valence-corrected chi connectivity index (χ3v) is 2.87. The van der Waals surface area contributed by atoms with Crippen LogP contribution in [0.25, 0.3) is 0 Å². The van der Waals surface area contributed by atoms with Crippen molar-refractivity contribution in [1.29, 1.82) is 0 Å². The lowest BCUT2D eigenvalue weighted by atomic mass is 10.2. The summed E-state index contributed by atoms with van der Waals surface area (Å²) in [6.45, 7) is 10.2. The Morgan fingerprint density at radius 1 is 1.36 bits per heavy atom. The summed E-state index contributed by atoms with van der Waals surface area (Å²) in [5.41, 5.74) is 0. The maximum absolute atomic E-state index is 5.05. The van der Waals surface area contributed by atoms with Gasteiger partial charge in [0.05, 0.1) is 6.61 Å². The molecular formula is C14H29IN6O.